The first kappa shape index (κ1) is 12.3. The third kappa shape index (κ3) is 2.25. The summed E-state index contributed by atoms with van der Waals surface area (Å²) < 4.78 is 0. The normalized spacial score (nSPS) is 10.9. The molecule has 0 aromatic carbocycles. The van der Waals surface area contributed by atoms with Crippen LogP contribution in [0.4, 0.5) is 11.5 Å². The second kappa shape index (κ2) is 4.40. The van der Waals surface area contributed by atoms with E-state index in [0.717, 1.165) is 12.2 Å². The Hall–Kier alpha value is -1.76. The highest BCUT2D eigenvalue weighted by Crippen LogP contribution is 2.24. The Bertz CT molecular complexity index is 418. The molecule has 0 amide bonds. The minimum absolute atomic E-state index is 0.00976. The zero-order valence-electron chi connectivity index (χ0n) is 10.3. The number of anilines is 2. The maximum absolute atomic E-state index is 8.87. The van der Waals surface area contributed by atoms with Crippen LogP contribution in [0.2, 0.25) is 0 Å². The molecular formula is C12H18N4. The maximum atomic E-state index is 8.87. The summed E-state index contributed by atoms with van der Waals surface area (Å²) in [7, 11) is 1.98. The van der Waals surface area contributed by atoms with E-state index >= 15 is 0 Å². The minimum Gasteiger partial charge on any atom is -0.396 e. The van der Waals surface area contributed by atoms with Crippen molar-refractivity contribution in [1.82, 2.24) is 4.98 Å². The molecule has 1 heterocycles. The fraction of sp³-hybridized carbons (Fsp3) is 0.500. The van der Waals surface area contributed by atoms with Gasteiger partial charge in [-0.05, 0) is 32.4 Å². The second-order valence-corrected chi connectivity index (χ2v) is 4.44. The number of nitrogens with zero attached hydrogens (tertiary/aromatic N) is 3. The molecule has 0 unspecified atom stereocenters. The highest BCUT2D eigenvalue weighted by Gasteiger charge is 2.22. The summed E-state index contributed by atoms with van der Waals surface area (Å²) >= 11 is 0. The van der Waals surface area contributed by atoms with Gasteiger partial charge in [0.15, 0.2) is 5.69 Å². The highest BCUT2D eigenvalue weighted by atomic mass is 15.2. The van der Waals surface area contributed by atoms with E-state index in [1.54, 1.807) is 6.07 Å². The number of pyridine rings is 1. The van der Waals surface area contributed by atoms with Gasteiger partial charge in [-0.15, -0.1) is 0 Å². The standard InChI is InChI=1S/C12H18N4/c1-5-12(2,3)16(4)11-7-6-9(14)10(8-13)15-11/h6-7H,5,14H2,1-4H3. The van der Waals surface area contributed by atoms with E-state index < -0.39 is 0 Å². The van der Waals surface area contributed by atoms with Gasteiger partial charge in [0.2, 0.25) is 0 Å². The van der Waals surface area contributed by atoms with Crippen molar-refractivity contribution in [3.63, 3.8) is 0 Å². The number of rotatable bonds is 3. The average Bonchev–Trinajstić information content (AvgIpc) is 2.28. The minimum atomic E-state index is 0.00976. The molecule has 0 spiro atoms. The predicted molar refractivity (Wildman–Crippen MR) is 66.1 cm³/mol. The zero-order chi connectivity index (χ0) is 12.3. The molecule has 4 heteroatoms. The Morgan fingerprint density at radius 3 is 2.62 bits per heavy atom. The molecule has 1 aromatic rings. The molecule has 0 atom stereocenters. The fourth-order valence-electron chi connectivity index (χ4n) is 1.28. The molecule has 2 N–H and O–H groups in total. The monoisotopic (exact) mass is 218 g/mol. The molecule has 86 valence electrons. The first-order valence-electron chi connectivity index (χ1n) is 5.33. The van der Waals surface area contributed by atoms with Crippen LogP contribution < -0.4 is 10.6 Å². The Morgan fingerprint density at radius 1 is 1.50 bits per heavy atom. The number of nitrogens with two attached hydrogens (primary N) is 1. The van der Waals surface area contributed by atoms with Crippen molar-refractivity contribution < 1.29 is 0 Å². The molecule has 0 saturated heterocycles. The van der Waals surface area contributed by atoms with Crippen LogP contribution in [0.15, 0.2) is 12.1 Å². The Kier molecular flexibility index (Phi) is 3.38. The van der Waals surface area contributed by atoms with E-state index in [0.29, 0.717) is 5.69 Å². The molecule has 0 saturated carbocycles. The summed E-state index contributed by atoms with van der Waals surface area (Å²) in [6.45, 7) is 6.40. The first-order valence-corrected chi connectivity index (χ1v) is 5.33. The van der Waals surface area contributed by atoms with Gasteiger partial charge in [0.25, 0.3) is 0 Å². The van der Waals surface area contributed by atoms with E-state index in [1.807, 2.05) is 19.2 Å². The second-order valence-electron chi connectivity index (χ2n) is 4.44. The summed E-state index contributed by atoms with van der Waals surface area (Å²) in [6.07, 6.45) is 0.997. The smallest absolute Gasteiger partial charge is 0.165 e. The quantitative estimate of drug-likeness (QED) is 0.844. The van der Waals surface area contributed by atoms with E-state index in [9.17, 15) is 0 Å². The van der Waals surface area contributed by atoms with Crippen LogP contribution in [0.1, 0.15) is 32.9 Å². The Balaban J connectivity index is 3.11. The van der Waals surface area contributed by atoms with Crippen molar-refractivity contribution in [2.75, 3.05) is 17.7 Å². The van der Waals surface area contributed by atoms with Crippen molar-refractivity contribution in [2.24, 2.45) is 0 Å². The van der Waals surface area contributed by atoms with Gasteiger partial charge < -0.3 is 10.6 Å². The molecule has 0 aliphatic heterocycles. The molecule has 1 aromatic heterocycles. The van der Waals surface area contributed by atoms with Crippen LogP contribution in [0.25, 0.3) is 0 Å². The molecule has 1 rings (SSSR count). The number of nitrogen functional groups attached to an aromatic ring is 1. The van der Waals surface area contributed by atoms with E-state index in [4.69, 9.17) is 11.0 Å². The number of hydrogen-bond acceptors (Lipinski definition) is 4. The van der Waals surface area contributed by atoms with E-state index in [2.05, 4.69) is 30.7 Å². The third-order valence-electron chi connectivity index (χ3n) is 3.13. The molecule has 0 bridgehead atoms. The summed E-state index contributed by atoms with van der Waals surface area (Å²) in [5.74, 6) is 0.776. The van der Waals surface area contributed by atoms with Crippen molar-refractivity contribution in [3.05, 3.63) is 17.8 Å². The maximum Gasteiger partial charge on any atom is 0.165 e. The van der Waals surface area contributed by atoms with Gasteiger partial charge >= 0.3 is 0 Å². The average molecular weight is 218 g/mol. The van der Waals surface area contributed by atoms with Gasteiger partial charge in [0.05, 0.1) is 5.69 Å². The summed E-state index contributed by atoms with van der Waals surface area (Å²) in [5, 5.41) is 8.87. The van der Waals surface area contributed by atoms with Crippen LogP contribution in [-0.2, 0) is 0 Å². The molecule has 16 heavy (non-hydrogen) atoms. The number of nitriles is 1. The Morgan fingerprint density at radius 2 is 2.12 bits per heavy atom. The molecule has 0 fully saturated rings. The van der Waals surface area contributed by atoms with Crippen molar-refractivity contribution in [2.45, 2.75) is 32.7 Å². The predicted octanol–water partition coefficient (Wildman–Crippen LogP) is 2.16. The molecular weight excluding hydrogens is 200 g/mol. The highest BCUT2D eigenvalue weighted by molar-refractivity contribution is 5.55. The van der Waals surface area contributed by atoms with Gasteiger partial charge in [0.1, 0.15) is 11.9 Å². The lowest BCUT2D eigenvalue weighted by molar-refractivity contribution is 0.467. The first-order chi connectivity index (χ1) is 7.42. The molecule has 4 nitrogen and oxygen atoms in total. The lowest BCUT2D eigenvalue weighted by Gasteiger charge is -2.35. The lowest BCUT2D eigenvalue weighted by atomic mass is 10.00. The largest absolute Gasteiger partial charge is 0.396 e. The van der Waals surface area contributed by atoms with Crippen molar-refractivity contribution >= 4 is 11.5 Å². The van der Waals surface area contributed by atoms with Gasteiger partial charge in [-0.2, -0.15) is 5.26 Å². The Labute approximate surface area is 96.7 Å². The van der Waals surface area contributed by atoms with Gasteiger partial charge in [-0.1, -0.05) is 6.92 Å². The fourth-order valence-corrected chi connectivity index (χ4v) is 1.28. The SMILES string of the molecule is CCC(C)(C)N(C)c1ccc(N)c(C#N)n1. The van der Waals surface area contributed by atoms with Crippen LogP contribution >= 0.6 is 0 Å². The lowest BCUT2D eigenvalue weighted by Crippen LogP contribution is -2.41. The number of aromatic nitrogens is 1. The van der Waals surface area contributed by atoms with Crippen molar-refractivity contribution in [3.8, 4) is 6.07 Å². The van der Waals surface area contributed by atoms with Gasteiger partial charge in [-0.3, -0.25) is 0 Å². The molecule has 0 aliphatic rings. The van der Waals surface area contributed by atoms with Crippen LogP contribution in [0, 0.1) is 11.3 Å². The van der Waals surface area contributed by atoms with E-state index in [-0.39, 0.29) is 11.2 Å². The van der Waals surface area contributed by atoms with Crippen LogP contribution in [0.3, 0.4) is 0 Å². The van der Waals surface area contributed by atoms with Crippen LogP contribution in [-0.4, -0.2) is 17.6 Å². The summed E-state index contributed by atoms with van der Waals surface area (Å²) in [4.78, 5) is 6.31. The molecule has 0 aliphatic carbocycles. The topological polar surface area (TPSA) is 65.9 Å². The van der Waals surface area contributed by atoms with Crippen molar-refractivity contribution in [1.29, 1.82) is 5.26 Å². The number of hydrogen-bond donors (Lipinski definition) is 1. The summed E-state index contributed by atoms with van der Waals surface area (Å²) in [5.41, 5.74) is 6.36. The van der Waals surface area contributed by atoms with Gasteiger partial charge in [0, 0.05) is 12.6 Å². The van der Waals surface area contributed by atoms with E-state index in [1.165, 1.54) is 0 Å². The zero-order valence-corrected chi connectivity index (χ0v) is 10.3. The molecule has 0 radical (unpaired) electrons. The van der Waals surface area contributed by atoms with Crippen LogP contribution in [0.5, 0.6) is 0 Å². The van der Waals surface area contributed by atoms with Gasteiger partial charge in [-0.25, -0.2) is 4.98 Å². The third-order valence-corrected chi connectivity index (χ3v) is 3.13. The summed E-state index contributed by atoms with van der Waals surface area (Å²) in [6, 6.07) is 5.56.